The number of hydrogen-bond donors (Lipinski definition) is 3. The molecule has 156 valence electrons. The van der Waals surface area contributed by atoms with Gasteiger partial charge in [0.25, 0.3) is 0 Å². The molecule has 0 aromatic heterocycles. The van der Waals surface area contributed by atoms with Gasteiger partial charge in [-0.1, -0.05) is 42.5 Å². The standard InChI is InChI=1S/C23H31N3O3/c1-16(2)19-10-18(11-20(13-19)29-23(28)26(3)4)14-25-15-22(27)21(24)12-17-8-6-5-7-9-17/h5-11,13,21-22,25,27H,1,12,14-15,24H2,2-4H3. The minimum atomic E-state index is -0.675. The molecule has 1 amide bonds. The van der Waals surface area contributed by atoms with Crippen molar-refractivity contribution < 1.29 is 14.6 Å². The molecule has 0 spiro atoms. The Kier molecular flexibility index (Phi) is 8.39. The van der Waals surface area contributed by atoms with Crippen LogP contribution in [-0.2, 0) is 13.0 Å². The summed E-state index contributed by atoms with van der Waals surface area (Å²) in [5.41, 5.74) is 9.93. The van der Waals surface area contributed by atoms with Crippen LogP contribution in [0.1, 0.15) is 23.6 Å². The molecule has 2 rings (SSSR count). The number of carbonyl (C=O) groups is 1. The van der Waals surface area contributed by atoms with Gasteiger partial charge in [0, 0.05) is 33.2 Å². The molecule has 0 saturated heterocycles. The van der Waals surface area contributed by atoms with Crippen molar-refractivity contribution in [2.24, 2.45) is 5.73 Å². The van der Waals surface area contributed by atoms with Crippen LogP contribution in [0.15, 0.2) is 55.1 Å². The van der Waals surface area contributed by atoms with E-state index in [1.54, 1.807) is 26.2 Å². The minimum absolute atomic E-state index is 0.358. The van der Waals surface area contributed by atoms with Gasteiger partial charge in [-0.3, -0.25) is 0 Å². The highest BCUT2D eigenvalue weighted by Gasteiger charge is 2.15. The maximum absolute atomic E-state index is 11.9. The summed E-state index contributed by atoms with van der Waals surface area (Å²) in [7, 11) is 3.26. The zero-order chi connectivity index (χ0) is 21.4. The van der Waals surface area contributed by atoms with Crippen LogP contribution in [0.4, 0.5) is 4.79 Å². The van der Waals surface area contributed by atoms with Gasteiger partial charge >= 0.3 is 6.09 Å². The molecule has 29 heavy (non-hydrogen) atoms. The van der Waals surface area contributed by atoms with Crippen molar-refractivity contribution in [3.63, 3.8) is 0 Å². The number of nitrogens with two attached hydrogens (primary N) is 1. The Morgan fingerprint density at radius 2 is 1.90 bits per heavy atom. The number of nitrogens with one attached hydrogen (secondary N) is 1. The third kappa shape index (κ3) is 7.34. The smallest absolute Gasteiger partial charge is 0.410 e. The van der Waals surface area contributed by atoms with Crippen molar-refractivity contribution in [1.29, 1.82) is 0 Å². The largest absolute Gasteiger partial charge is 0.414 e. The molecule has 4 N–H and O–H groups in total. The summed E-state index contributed by atoms with van der Waals surface area (Å²) < 4.78 is 5.39. The zero-order valence-electron chi connectivity index (χ0n) is 17.4. The van der Waals surface area contributed by atoms with Gasteiger partial charge in [-0.15, -0.1) is 0 Å². The average molecular weight is 398 g/mol. The molecule has 6 heteroatoms. The molecule has 0 radical (unpaired) electrons. The fourth-order valence-corrected chi connectivity index (χ4v) is 2.80. The van der Waals surface area contributed by atoms with E-state index in [-0.39, 0.29) is 6.04 Å². The second-order valence-corrected chi connectivity index (χ2v) is 7.46. The number of carbonyl (C=O) groups excluding carboxylic acids is 1. The van der Waals surface area contributed by atoms with Crippen molar-refractivity contribution in [2.75, 3.05) is 20.6 Å². The lowest BCUT2D eigenvalue weighted by molar-refractivity contribution is 0.141. The van der Waals surface area contributed by atoms with E-state index < -0.39 is 12.2 Å². The first kappa shape index (κ1) is 22.6. The number of aliphatic hydroxyl groups excluding tert-OH is 1. The third-order valence-corrected chi connectivity index (χ3v) is 4.52. The van der Waals surface area contributed by atoms with Crippen molar-refractivity contribution in [2.45, 2.75) is 32.0 Å². The van der Waals surface area contributed by atoms with Crippen molar-refractivity contribution in [3.8, 4) is 5.75 Å². The van der Waals surface area contributed by atoms with Gasteiger partial charge in [0.1, 0.15) is 5.75 Å². The first-order chi connectivity index (χ1) is 13.8. The first-order valence-electron chi connectivity index (χ1n) is 9.63. The lowest BCUT2D eigenvalue weighted by Crippen LogP contribution is -2.43. The molecule has 2 atom stereocenters. The van der Waals surface area contributed by atoms with Crippen LogP contribution in [0, 0.1) is 0 Å². The maximum atomic E-state index is 11.9. The number of aliphatic hydroxyl groups is 1. The normalized spacial score (nSPS) is 12.9. The molecule has 0 aliphatic heterocycles. The van der Waals surface area contributed by atoms with Crippen LogP contribution < -0.4 is 15.8 Å². The monoisotopic (exact) mass is 397 g/mol. The highest BCUT2D eigenvalue weighted by molar-refractivity contribution is 5.71. The molecule has 2 aromatic rings. The molecule has 6 nitrogen and oxygen atoms in total. The second kappa shape index (κ2) is 10.8. The molecule has 2 aromatic carbocycles. The number of rotatable bonds is 9. The third-order valence-electron chi connectivity index (χ3n) is 4.52. The maximum Gasteiger partial charge on any atom is 0.414 e. The molecule has 0 fully saturated rings. The summed E-state index contributed by atoms with van der Waals surface area (Å²) in [5, 5.41) is 13.6. The minimum Gasteiger partial charge on any atom is -0.410 e. The van der Waals surface area contributed by atoms with E-state index in [1.807, 2.05) is 43.3 Å². The Morgan fingerprint density at radius 1 is 1.21 bits per heavy atom. The number of amides is 1. The summed E-state index contributed by atoms with van der Waals surface area (Å²) in [4.78, 5) is 13.2. The number of nitrogens with zero attached hydrogens (tertiary/aromatic N) is 1. The van der Waals surface area contributed by atoms with E-state index in [9.17, 15) is 9.90 Å². The van der Waals surface area contributed by atoms with E-state index in [0.717, 1.165) is 22.3 Å². The van der Waals surface area contributed by atoms with Crippen molar-refractivity contribution in [3.05, 3.63) is 71.8 Å². The summed E-state index contributed by atoms with van der Waals surface area (Å²) in [5.74, 6) is 0.460. The Morgan fingerprint density at radius 3 is 2.52 bits per heavy atom. The van der Waals surface area contributed by atoms with Gasteiger partial charge < -0.3 is 25.8 Å². The fraction of sp³-hybridized carbons (Fsp3) is 0.348. The highest BCUT2D eigenvalue weighted by atomic mass is 16.6. The Bertz CT molecular complexity index is 821. The Balaban J connectivity index is 1.95. The lowest BCUT2D eigenvalue weighted by Gasteiger charge is -2.20. The summed E-state index contributed by atoms with van der Waals surface area (Å²) in [6.07, 6.45) is -0.505. The van der Waals surface area contributed by atoms with Gasteiger partial charge in [0.05, 0.1) is 6.10 Å². The first-order valence-corrected chi connectivity index (χ1v) is 9.63. The van der Waals surface area contributed by atoms with Crippen LogP contribution in [-0.4, -0.2) is 48.9 Å². The molecule has 0 bridgehead atoms. The molecule has 2 unspecified atom stereocenters. The predicted octanol–water partition coefficient (Wildman–Crippen LogP) is 2.80. The van der Waals surface area contributed by atoms with Crippen LogP contribution in [0.25, 0.3) is 5.57 Å². The number of hydrogen-bond acceptors (Lipinski definition) is 5. The highest BCUT2D eigenvalue weighted by Crippen LogP contribution is 2.22. The average Bonchev–Trinajstić information content (AvgIpc) is 2.68. The molecule has 0 aliphatic rings. The number of allylic oxidation sites excluding steroid dienone is 1. The predicted molar refractivity (Wildman–Crippen MR) is 117 cm³/mol. The summed E-state index contributed by atoms with van der Waals surface area (Å²) in [6.45, 7) is 6.73. The molecular formula is C23H31N3O3. The molecular weight excluding hydrogens is 366 g/mol. The van der Waals surface area contributed by atoms with Crippen LogP contribution >= 0.6 is 0 Å². The second-order valence-electron chi connectivity index (χ2n) is 7.46. The van der Waals surface area contributed by atoms with E-state index in [2.05, 4.69) is 11.9 Å². The van der Waals surface area contributed by atoms with E-state index in [0.29, 0.717) is 25.3 Å². The molecule has 0 saturated carbocycles. The number of benzene rings is 2. The van der Waals surface area contributed by atoms with Gasteiger partial charge in [0.15, 0.2) is 0 Å². The SMILES string of the molecule is C=C(C)c1cc(CNCC(O)C(N)Cc2ccccc2)cc(OC(=O)N(C)C)c1. The zero-order valence-corrected chi connectivity index (χ0v) is 17.4. The van der Waals surface area contributed by atoms with Gasteiger partial charge in [0.2, 0.25) is 0 Å². The molecule has 0 aliphatic carbocycles. The van der Waals surface area contributed by atoms with E-state index >= 15 is 0 Å². The van der Waals surface area contributed by atoms with Crippen molar-refractivity contribution >= 4 is 11.7 Å². The topological polar surface area (TPSA) is 87.8 Å². The van der Waals surface area contributed by atoms with Crippen molar-refractivity contribution in [1.82, 2.24) is 10.2 Å². The van der Waals surface area contributed by atoms with Gasteiger partial charge in [-0.2, -0.15) is 0 Å². The summed E-state index contributed by atoms with van der Waals surface area (Å²) in [6, 6.07) is 15.1. The lowest BCUT2D eigenvalue weighted by atomic mass is 10.0. The van der Waals surface area contributed by atoms with E-state index in [4.69, 9.17) is 10.5 Å². The van der Waals surface area contributed by atoms with Crippen LogP contribution in [0.3, 0.4) is 0 Å². The fourth-order valence-electron chi connectivity index (χ4n) is 2.80. The van der Waals surface area contributed by atoms with Crippen LogP contribution in [0.2, 0.25) is 0 Å². The number of ether oxygens (including phenoxy) is 1. The van der Waals surface area contributed by atoms with Gasteiger partial charge in [-0.05, 0) is 48.2 Å². The summed E-state index contributed by atoms with van der Waals surface area (Å²) >= 11 is 0. The Labute approximate surface area is 173 Å². The molecule has 0 heterocycles. The van der Waals surface area contributed by atoms with Crippen LogP contribution in [0.5, 0.6) is 5.75 Å². The van der Waals surface area contributed by atoms with E-state index in [1.165, 1.54) is 4.90 Å². The Hall–Kier alpha value is -2.67. The van der Waals surface area contributed by atoms with Gasteiger partial charge in [-0.25, -0.2) is 4.79 Å². The quantitative estimate of drug-likeness (QED) is 0.606.